The summed E-state index contributed by atoms with van der Waals surface area (Å²) >= 11 is 0. The van der Waals surface area contributed by atoms with Crippen LogP contribution < -0.4 is 30.3 Å². The van der Waals surface area contributed by atoms with E-state index < -0.39 is 21.7 Å². The molecule has 1 amide bonds. The number of rotatable bonds is 13. The van der Waals surface area contributed by atoms with Crippen LogP contribution in [0.25, 0.3) is 0 Å². The molecule has 0 radical (unpaired) electrons. The quantitative estimate of drug-likeness (QED) is 0.138. The summed E-state index contributed by atoms with van der Waals surface area (Å²) in [6, 6.07) is 8.39. The third-order valence-corrected chi connectivity index (χ3v) is 6.40. The van der Waals surface area contributed by atoms with Crippen LogP contribution in [0.4, 0.5) is 5.88 Å². The van der Waals surface area contributed by atoms with E-state index in [-0.39, 0.29) is 36.0 Å². The molecule has 13 nitrogen and oxygen atoms in total. The van der Waals surface area contributed by atoms with Crippen LogP contribution in [-0.4, -0.2) is 69.3 Å². The van der Waals surface area contributed by atoms with Gasteiger partial charge in [-0.05, 0) is 30.6 Å². The minimum absolute atomic E-state index is 0.0209. The zero-order chi connectivity index (χ0) is 23.9. The van der Waals surface area contributed by atoms with Crippen molar-refractivity contribution < 1.29 is 32.4 Å². The highest BCUT2D eigenvalue weighted by Crippen LogP contribution is 2.27. The summed E-state index contributed by atoms with van der Waals surface area (Å²) in [7, 11) is -4.29. The van der Waals surface area contributed by atoms with E-state index in [1.165, 1.54) is 30.3 Å². The fourth-order valence-corrected chi connectivity index (χ4v) is 4.41. The van der Waals surface area contributed by atoms with E-state index in [2.05, 4.69) is 21.1 Å². The van der Waals surface area contributed by atoms with Crippen molar-refractivity contribution in [2.45, 2.75) is 30.2 Å². The maximum atomic E-state index is 12.7. The summed E-state index contributed by atoms with van der Waals surface area (Å²) in [5.41, 5.74) is -2.40. The normalized spacial score (nSPS) is 16.3. The Morgan fingerprint density at radius 3 is 2.70 bits per heavy atom. The minimum Gasteiger partial charge on any atom is -0.478 e. The maximum absolute atomic E-state index is 12.7. The third kappa shape index (κ3) is 6.06. The van der Waals surface area contributed by atoms with Crippen LogP contribution in [0.5, 0.6) is 5.88 Å². The molecular formula is C19H26N6O7S. The SMILES string of the molecule is CC(NS(=O)(=O)c1ccccc1)(C(=O)O)N(C=O)c1cc(OCCCNC2NCCN2)no1. The average molecular weight is 483 g/mol. The molecule has 1 saturated heterocycles. The molecule has 0 saturated carbocycles. The largest absolute Gasteiger partial charge is 0.478 e. The van der Waals surface area contributed by atoms with Crippen molar-refractivity contribution in [1.82, 2.24) is 25.8 Å². The molecule has 1 fully saturated rings. The van der Waals surface area contributed by atoms with Crippen molar-refractivity contribution >= 4 is 28.3 Å². The van der Waals surface area contributed by atoms with Gasteiger partial charge in [0.1, 0.15) is 6.29 Å². The Morgan fingerprint density at radius 2 is 2.06 bits per heavy atom. The zero-order valence-corrected chi connectivity index (χ0v) is 18.7. The summed E-state index contributed by atoms with van der Waals surface area (Å²) < 4.78 is 38.0. The number of anilines is 1. The molecule has 1 aromatic heterocycles. The molecule has 0 bridgehead atoms. The molecule has 33 heavy (non-hydrogen) atoms. The molecule has 14 heteroatoms. The van der Waals surface area contributed by atoms with Gasteiger partial charge in [-0.3, -0.25) is 25.6 Å². The van der Waals surface area contributed by atoms with E-state index in [4.69, 9.17) is 9.26 Å². The molecule has 2 aromatic rings. The maximum Gasteiger partial charge on any atom is 0.346 e. The Hall–Kier alpha value is -3.04. The first-order chi connectivity index (χ1) is 15.8. The summed E-state index contributed by atoms with van der Waals surface area (Å²) in [4.78, 5) is 24.2. The monoisotopic (exact) mass is 482 g/mol. The number of carbonyl (C=O) groups is 2. The van der Waals surface area contributed by atoms with Gasteiger partial charge in [-0.1, -0.05) is 18.2 Å². The van der Waals surface area contributed by atoms with Gasteiger partial charge in [0.25, 0.3) is 5.88 Å². The number of nitrogens with zero attached hydrogens (tertiary/aromatic N) is 2. The van der Waals surface area contributed by atoms with Crippen LogP contribution in [0.2, 0.25) is 0 Å². The van der Waals surface area contributed by atoms with Crippen molar-refractivity contribution in [2.75, 3.05) is 31.1 Å². The number of carbonyl (C=O) groups excluding carboxylic acids is 1. The summed E-state index contributed by atoms with van der Waals surface area (Å²) in [6.07, 6.45) is 0.832. The summed E-state index contributed by atoms with van der Waals surface area (Å²) in [5.74, 6) is -1.92. The number of aromatic nitrogens is 1. The van der Waals surface area contributed by atoms with E-state index >= 15 is 0 Å². The number of hydrogen-bond donors (Lipinski definition) is 5. The van der Waals surface area contributed by atoms with Crippen molar-refractivity contribution in [1.29, 1.82) is 0 Å². The second kappa shape index (κ2) is 10.7. The van der Waals surface area contributed by atoms with Gasteiger partial charge in [-0.2, -0.15) is 4.72 Å². The Balaban J connectivity index is 1.66. The van der Waals surface area contributed by atoms with Crippen molar-refractivity contribution in [3.63, 3.8) is 0 Å². The molecule has 1 unspecified atom stereocenters. The smallest absolute Gasteiger partial charge is 0.346 e. The molecule has 5 N–H and O–H groups in total. The summed E-state index contributed by atoms with van der Waals surface area (Å²) in [5, 5.41) is 23.1. The van der Waals surface area contributed by atoms with E-state index in [1.54, 1.807) is 6.07 Å². The minimum atomic E-state index is -4.29. The Kier molecular flexibility index (Phi) is 7.99. The number of sulfonamides is 1. The van der Waals surface area contributed by atoms with E-state index in [1.807, 2.05) is 4.72 Å². The Labute approximate surface area is 190 Å². The van der Waals surface area contributed by atoms with E-state index in [0.717, 1.165) is 20.0 Å². The first-order valence-corrected chi connectivity index (χ1v) is 11.6. The van der Waals surface area contributed by atoms with Gasteiger partial charge in [-0.25, -0.2) is 13.2 Å². The average Bonchev–Trinajstić information content (AvgIpc) is 3.47. The highest BCUT2D eigenvalue weighted by atomic mass is 32.2. The van der Waals surface area contributed by atoms with Crippen LogP contribution >= 0.6 is 0 Å². The third-order valence-electron chi connectivity index (χ3n) is 4.85. The van der Waals surface area contributed by atoms with Crippen molar-refractivity contribution in [3.05, 3.63) is 36.4 Å². The van der Waals surface area contributed by atoms with Crippen LogP contribution in [-0.2, 0) is 19.6 Å². The molecule has 2 heterocycles. The van der Waals surface area contributed by atoms with Crippen molar-refractivity contribution in [2.24, 2.45) is 0 Å². The number of ether oxygens (including phenoxy) is 1. The Bertz CT molecular complexity index is 1040. The molecule has 1 aromatic carbocycles. The zero-order valence-electron chi connectivity index (χ0n) is 17.9. The predicted molar refractivity (Wildman–Crippen MR) is 116 cm³/mol. The molecule has 0 spiro atoms. The molecule has 0 aliphatic carbocycles. The number of carboxylic acids is 1. The molecule has 1 atom stereocenters. The highest BCUT2D eigenvalue weighted by Gasteiger charge is 2.45. The lowest BCUT2D eigenvalue weighted by Crippen LogP contribution is -2.63. The van der Waals surface area contributed by atoms with Gasteiger partial charge < -0.3 is 14.4 Å². The number of nitrogens with one attached hydrogen (secondary N) is 4. The van der Waals surface area contributed by atoms with Gasteiger partial charge in [0.2, 0.25) is 28.0 Å². The number of benzene rings is 1. The predicted octanol–water partition coefficient (Wildman–Crippen LogP) is -0.748. The van der Waals surface area contributed by atoms with E-state index in [9.17, 15) is 23.1 Å². The second-order valence-corrected chi connectivity index (χ2v) is 8.95. The van der Waals surface area contributed by atoms with Gasteiger partial charge >= 0.3 is 5.97 Å². The van der Waals surface area contributed by atoms with Crippen molar-refractivity contribution in [3.8, 4) is 5.88 Å². The summed E-state index contributed by atoms with van der Waals surface area (Å²) in [6.45, 7) is 3.74. The van der Waals surface area contributed by atoms with E-state index in [0.29, 0.717) is 17.9 Å². The first kappa shape index (κ1) is 24.6. The molecule has 180 valence electrons. The Morgan fingerprint density at radius 1 is 1.36 bits per heavy atom. The van der Waals surface area contributed by atoms with Gasteiger partial charge in [0, 0.05) is 19.6 Å². The molecule has 1 aliphatic heterocycles. The number of amides is 1. The van der Waals surface area contributed by atoms with Crippen LogP contribution in [0.1, 0.15) is 13.3 Å². The fraction of sp³-hybridized carbons (Fsp3) is 0.421. The standard InChI is InChI=1S/C19H26N6O7S/c1-19(17(27)28,24-33(29,30)14-6-3-2-4-7-14)25(13-26)16-12-15(23-32-16)31-11-5-8-20-18-21-9-10-22-18/h2-4,6-7,12-13,18,20-22,24H,5,8-11H2,1H3,(H,27,28). The molecular weight excluding hydrogens is 456 g/mol. The lowest BCUT2D eigenvalue weighted by Gasteiger charge is -2.33. The number of hydrogen-bond acceptors (Lipinski definition) is 10. The topological polar surface area (TPSA) is 175 Å². The van der Waals surface area contributed by atoms with Gasteiger partial charge in [-0.15, -0.1) is 0 Å². The van der Waals surface area contributed by atoms with Crippen LogP contribution in [0.3, 0.4) is 0 Å². The lowest BCUT2D eigenvalue weighted by atomic mass is 10.2. The highest BCUT2D eigenvalue weighted by molar-refractivity contribution is 7.89. The fourth-order valence-electron chi connectivity index (χ4n) is 3.07. The first-order valence-electron chi connectivity index (χ1n) is 10.1. The van der Waals surface area contributed by atoms with Gasteiger partial charge in [0.05, 0.1) is 17.6 Å². The van der Waals surface area contributed by atoms with Crippen LogP contribution in [0.15, 0.2) is 45.8 Å². The molecule has 1 aliphatic rings. The van der Waals surface area contributed by atoms with Gasteiger partial charge in [0.15, 0.2) is 0 Å². The van der Waals surface area contributed by atoms with Crippen LogP contribution in [0, 0.1) is 0 Å². The number of aliphatic carboxylic acids is 1. The number of carboxylic acid groups (broad SMARTS) is 1. The second-order valence-electron chi connectivity index (χ2n) is 7.27. The molecule has 3 rings (SSSR count). The lowest BCUT2D eigenvalue weighted by molar-refractivity contribution is -0.144.